The van der Waals surface area contributed by atoms with Gasteiger partial charge < -0.3 is 4.90 Å². The summed E-state index contributed by atoms with van der Waals surface area (Å²) in [6, 6.07) is 22.7. The summed E-state index contributed by atoms with van der Waals surface area (Å²) in [5, 5.41) is 0.621. The molecule has 0 fully saturated rings. The molecule has 0 spiro atoms. The number of hydrogen-bond acceptors (Lipinski definition) is 3. The molecule has 1 amide bonds. The maximum atomic E-state index is 12.7. The fourth-order valence-electron chi connectivity index (χ4n) is 3.04. The van der Waals surface area contributed by atoms with Crippen molar-refractivity contribution in [1.29, 1.82) is 0 Å². The molecule has 0 saturated carbocycles. The first kappa shape index (κ1) is 22.0. The number of nitrogens with zero attached hydrogens (tertiary/aromatic N) is 2. The van der Waals surface area contributed by atoms with Gasteiger partial charge in [-0.25, -0.2) is 8.42 Å². The first-order valence-electron chi connectivity index (χ1n) is 9.38. The van der Waals surface area contributed by atoms with E-state index in [0.29, 0.717) is 17.1 Å². The van der Waals surface area contributed by atoms with Crippen LogP contribution in [0.5, 0.6) is 0 Å². The van der Waals surface area contributed by atoms with Gasteiger partial charge in [0.05, 0.1) is 4.90 Å². The van der Waals surface area contributed by atoms with Crippen LogP contribution in [0, 0.1) is 0 Å². The second-order valence-electron chi connectivity index (χ2n) is 7.02. The predicted octanol–water partition coefficient (Wildman–Crippen LogP) is 4.43. The molecule has 0 heterocycles. The quantitative estimate of drug-likeness (QED) is 0.543. The Hall–Kier alpha value is -2.67. The van der Waals surface area contributed by atoms with Gasteiger partial charge in [0.25, 0.3) is 5.91 Å². The molecule has 5 nitrogen and oxygen atoms in total. The second kappa shape index (κ2) is 9.43. The molecule has 0 saturated heterocycles. The summed E-state index contributed by atoms with van der Waals surface area (Å²) in [5.41, 5.74) is 2.20. The van der Waals surface area contributed by atoms with E-state index in [9.17, 15) is 13.2 Å². The lowest BCUT2D eigenvalue weighted by molar-refractivity contribution is 0.0785. The van der Waals surface area contributed by atoms with Crippen LogP contribution in [0.25, 0.3) is 0 Å². The molecule has 0 aliphatic carbocycles. The number of carbonyl (C=O) groups excluding carboxylic acids is 1. The minimum atomic E-state index is -3.57. The van der Waals surface area contributed by atoms with Gasteiger partial charge in [-0.2, -0.15) is 4.31 Å². The number of amides is 1. The Kier molecular flexibility index (Phi) is 6.92. The van der Waals surface area contributed by atoms with Crippen LogP contribution in [0.2, 0.25) is 5.02 Å². The van der Waals surface area contributed by atoms with Gasteiger partial charge in [-0.1, -0.05) is 60.1 Å². The molecule has 0 aliphatic rings. The molecule has 0 aliphatic heterocycles. The molecule has 30 heavy (non-hydrogen) atoms. The van der Waals surface area contributed by atoms with Gasteiger partial charge >= 0.3 is 0 Å². The Morgan fingerprint density at radius 3 is 2.07 bits per heavy atom. The summed E-state index contributed by atoms with van der Waals surface area (Å²) in [5.74, 6) is -0.133. The molecular weight excluding hydrogens is 420 g/mol. The standard InChI is InChI=1S/C23H23ClN2O3S/c1-25(17-20-8-6-7-11-22(20)24)23(27)19-14-12-18(13-15-19)16-26(2)30(28,29)21-9-4-3-5-10-21/h3-15H,16-17H2,1-2H3. The predicted molar refractivity (Wildman–Crippen MR) is 119 cm³/mol. The second-order valence-corrected chi connectivity index (χ2v) is 9.48. The molecule has 0 aromatic heterocycles. The number of carbonyl (C=O) groups is 1. The number of hydrogen-bond donors (Lipinski definition) is 0. The smallest absolute Gasteiger partial charge is 0.253 e. The van der Waals surface area contributed by atoms with E-state index in [0.717, 1.165) is 11.1 Å². The Balaban J connectivity index is 1.67. The Bertz CT molecular complexity index is 1120. The average molecular weight is 443 g/mol. The summed E-state index contributed by atoms with van der Waals surface area (Å²) < 4.78 is 26.6. The highest BCUT2D eigenvalue weighted by Gasteiger charge is 2.20. The molecule has 7 heteroatoms. The van der Waals surface area contributed by atoms with E-state index in [1.54, 1.807) is 79.7 Å². The molecule has 3 aromatic carbocycles. The Morgan fingerprint density at radius 2 is 1.43 bits per heavy atom. The third-order valence-electron chi connectivity index (χ3n) is 4.77. The summed E-state index contributed by atoms with van der Waals surface area (Å²) in [4.78, 5) is 14.6. The lowest BCUT2D eigenvalue weighted by Crippen LogP contribution is -2.27. The van der Waals surface area contributed by atoms with Crippen molar-refractivity contribution in [2.75, 3.05) is 14.1 Å². The zero-order valence-corrected chi connectivity index (χ0v) is 18.4. The number of rotatable bonds is 7. The van der Waals surface area contributed by atoms with Crippen LogP contribution in [-0.4, -0.2) is 37.6 Å². The summed E-state index contributed by atoms with van der Waals surface area (Å²) in [7, 11) is -0.308. The lowest BCUT2D eigenvalue weighted by Gasteiger charge is -2.19. The maximum absolute atomic E-state index is 12.7. The first-order valence-corrected chi connectivity index (χ1v) is 11.2. The third-order valence-corrected chi connectivity index (χ3v) is 6.96. The van der Waals surface area contributed by atoms with Crippen molar-refractivity contribution >= 4 is 27.5 Å². The van der Waals surface area contributed by atoms with E-state index < -0.39 is 10.0 Å². The molecule has 3 rings (SSSR count). The summed E-state index contributed by atoms with van der Waals surface area (Å²) in [6.45, 7) is 0.611. The SMILES string of the molecule is CN(Cc1ccccc1Cl)C(=O)c1ccc(CN(C)S(=O)(=O)c2ccccc2)cc1. The van der Waals surface area contributed by atoms with E-state index in [-0.39, 0.29) is 17.3 Å². The van der Waals surface area contributed by atoms with Crippen LogP contribution in [0.15, 0.2) is 83.8 Å². The average Bonchev–Trinajstić information content (AvgIpc) is 2.76. The van der Waals surface area contributed by atoms with Crippen LogP contribution >= 0.6 is 11.6 Å². The molecule has 0 atom stereocenters. The van der Waals surface area contributed by atoms with Gasteiger partial charge in [0, 0.05) is 37.8 Å². The van der Waals surface area contributed by atoms with Crippen LogP contribution in [0.3, 0.4) is 0 Å². The number of benzene rings is 3. The largest absolute Gasteiger partial charge is 0.337 e. The van der Waals surface area contributed by atoms with Crippen molar-refractivity contribution in [1.82, 2.24) is 9.21 Å². The summed E-state index contributed by atoms with van der Waals surface area (Å²) >= 11 is 6.18. The van der Waals surface area contributed by atoms with Crippen LogP contribution in [0.4, 0.5) is 0 Å². The third kappa shape index (κ3) is 5.08. The van der Waals surface area contributed by atoms with Crippen molar-refractivity contribution < 1.29 is 13.2 Å². The van der Waals surface area contributed by atoms with Gasteiger partial charge in [-0.15, -0.1) is 0 Å². The van der Waals surface area contributed by atoms with Gasteiger partial charge in [0.2, 0.25) is 10.0 Å². The molecule has 0 N–H and O–H groups in total. The molecular formula is C23H23ClN2O3S. The molecule has 0 unspecified atom stereocenters. The highest BCUT2D eigenvalue weighted by Crippen LogP contribution is 2.19. The minimum Gasteiger partial charge on any atom is -0.337 e. The zero-order chi connectivity index (χ0) is 21.7. The minimum absolute atomic E-state index is 0.133. The normalized spacial score (nSPS) is 11.5. The Morgan fingerprint density at radius 1 is 0.833 bits per heavy atom. The van der Waals surface area contributed by atoms with Gasteiger partial charge in [0.1, 0.15) is 0 Å². The van der Waals surface area contributed by atoms with E-state index >= 15 is 0 Å². The number of sulfonamides is 1. The lowest BCUT2D eigenvalue weighted by atomic mass is 10.1. The number of halogens is 1. The van der Waals surface area contributed by atoms with Crippen molar-refractivity contribution in [2.45, 2.75) is 18.0 Å². The van der Waals surface area contributed by atoms with Crippen molar-refractivity contribution in [2.24, 2.45) is 0 Å². The molecule has 3 aromatic rings. The van der Waals surface area contributed by atoms with E-state index in [2.05, 4.69) is 0 Å². The highest BCUT2D eigenvalue weighted by molar-refractivity contribution is 7.89. The monoisotopic (exact) mass is 442 g/mol. The molecule has 156 valence electrons. The maximum Gasteiger partial charge on any atom is 0.253 e. The van der Waals surface area contributed by atoms with Crippen molar-refractivity contribution in [3.05, 3.63) is 101 Å². The topological polar surface area (TPSA) is 57.7 Å². The van der Waals surface area contributed by atoms with Gasteiger partial charge in [0.15, 0.2) is 0 Å². The fraction of sp³-hybridized carbons (Fsp3) is 0.174. The van der Waals surface area contributed by atoms with Crippen LogP contribution in [-0.2, 0) is 23.1 Å². The molecule has 0 radical (unpaired) electrons. The van der Waals surface area contributed by atoms with Crippen LogP contribution < -0.4 is 0 Å². The van der Waals surface area contributed by atoms with E-state index in [1.165, 1.54) is 4.31 Å². The van der Waals surface area contributed by atoms with E-state index in [4.69, 9.17) is 11.6 Å². The van der Waals surface area contributed by atoms with E-state index in [1.807, 2.05) is 18.2 Å². The van der Waals surface area contributed by atoms with Crippen LogP contribution in [0.1, 0.15) is 21.5 Å². The van der Waals surface area contributed by atoms with Crippen molar-refractivity contribution in [3.63, 3.8) is 0 Å². The van der Waals surface area contributed by atoms with Gasteiger partial charge in [-0.05, 0) is 41.5 Å². The first-order chi connectivity index (χ1) is 14.3. The zero-order valence-electron chi connectivity index (χ0n) is 16.8. The Labute approximate surface area is 182 Å². The van der Waals surface area contributed by atoms with Crippen molar-refractivity contribution in [3.8, 4) is 0 Å². The summed E-state index contributed by atoms with van der Waals surface area (Å²) in [6.07, 6.45) is 0. The fourth-order valence-corrected chi connectivity index (χ4v) is 4.42. The highest BCUT2D eigenvalue weighted by atomic mass is 35.5. The molecule has 0 bridgehead atoms. The van der Waals surface area contributed by atoms with Gasteiger partial charge in [-0.3, -0.25) is 4.79 Å².